The van der Waals surface area contributed by atoms with Crippen LogP contribution in [0.3, 0.4) is 0 Å². The van der Waals surface area contributed by atoms with E-state index in [1.54, 1.807) is 12.2 Å². The van der Waals surface area contributed by atoms with Gasteiger partial charge >= 0.3 is 0 Å². The molecule has 0 aliphatic heterocycles. The number of ether oxygens (including phenoxy) is 1. The van der Waals surface area contributed by atoms with E-state index in [2.05, 4.69) is 0 Å². The zero-order valence-corrected chi connectivity index (χ0v) is 7.73. The van der Waals surface area contributed by atoms with Crippen LogP contribution in [0.25, 0.3) is 0 Å². The van der Waals surface area contributed by atoms with Crippen molar-refractivity contribution in [2.24, 2.45) is 0 Å². The fourth-order valence-electron chi connectivity index (χ4n) is 0.992. The molecule has 1 aromatic rings. The number of aryl methyl sites for hydroxylation is 1. The molecule has 0 radical (unpaired) electrons. The Hall–Kier alpha value is -1.28. The fraction of sp³-hybridized carbons (Fsp3) is 0.273. The number of hydrogen-bond donors (Lipinski definition) is 1. The first kappa shape index (κ1) is 9.81. The van der Waals surface area contributed by atoms with E-state index in [-0.39, 0.29) is 6.61 Å². The van der Waals surface area contributed by atoms with Crippen LogP contribution in [-0.2, 0) is 0 Å². The van der Waals surface area contributed by atoms with Crippen LogP contribution in [0.4, 0.5) is 0 Å². The van der Waals surface area contributed by atoms with E-state index in [9.17, 15) is 0 Å². The second-order valence-electron chi connectivity index (χ2n) is 2.78. The van der Waals surface area contributed by atoms with Crippen LogP contribution in [0, 0.1) is 6.92 Å². The predicted octanol–water partition coefficient (Wildman–Crippen LogP) is 1.92. The van der Waals surface area contributed by atoms with Gasteiger partial charge in [0.25, 0.3) is 0 Å². The molecule has 0 aromatic heterocycles. The van der Waals surface area contributed by atoms with Crippen molar-refractivity contribution >= 4 is 0 Å². The highest BCUT2D eigenvalue weighted by atomic mass is 16.5. The molecule has 2 nitrogen and oxygen atoms in total. The Morgan fingerprint density at radius 1 is 1.38 bits per heavy atom. The first-order chi connectivity index (χ1) is 6.33. The normalized spacial score (nSPS) is 10.6. The quantitative estimate of drug-likeness (QED) is 0.714. The summed E-state index contributed by atoms with van der Waals surface area (Å²) in [5, 5.41) is 8.47. The number of aliphatic hydroxyl groups excluding tert-OH is 1. The van der Waals surface area contributed by atoms with E-state index in [0.717, 1.165) is 5.75 Å². The van der Waals surface area contributed by atoms with E-state index >= 15 is 0 Å². The molecule has 0 fully saturated rings. The zero-order valence-electron chi connectivity index (χ0n) is 7.73. The molecule has 1 N–H and O–H groups in total. The summed E-state index contributed by atoms with van der Waals surface area (Å²) >= 11 is 0. The SMILES string of the molecule is Cc1cccc(OC/C=C/CO)c1. The smallest absolute Gasteiger partial charge is 0.120 e. The molecular weight excluding hydrogens is 164 g/mol. The standard InChI is InChI=1S/C11H14O2/c1-10-5-4-6-11(9-10)13-8-3-2-7-12/h2-6,9,12H,7-8H2,1H3/b3-2+. The lowest BCUT2D eigenvalue weighted by Crippen LogP contribution is -1.93. The molecule has 0 heterocycles. The first-order valence-corrected chi connectivity index (χ1v) is 4.28. The van der Waals surface area contributed by atoms with Crippen molar-refractivity contribution in [2.45, 2.75) is 6.92 Å². The van der Waals surface area contributed by atoms with E-state index in [1.807, 2.05) is 31.2 Å². The van der Waals surface area contributed by atoms with Crippen LogP contribution >= 0.6 is 0 Å². The van der Waals surface area contributed by atoms with Gasteiger partial charge in [0, 0.05) is 0 Å². The molecule has 2 heteroatoms. The summed E-state index contributed by atoms with van der Waals surface area (Å²) in [5.41, 5.74) is 1.18. The van der Waals surface area contributed by atoms with Crippen LogP contribution in [0.2, 0.25) is 0 Å². The van der Waals surface area contributed by atoms with E-state index < -0.39 is 0 Å². The van der Waals surface area contributed by atoms with Crippen molar-refractivity contribution in [3.63, 3.8) is 0 Å². The Balaban J connectivity index is 2.41. The molecule has 0 saturated carbocycles. The minimum absolute atomic E-state index is 0.0666. The third-order valence-corrected chi connectivity index (χ3v) is 1.61. The topological polar surface area (TPSA) is 29.5 Å². The highest BCUT2D eigenvalue weighted by Crippen LogP contribution is 2.11. The molecule has 0 aliphatic rings. The average Bonchev–Trinajstić information content (AvgIpc) is 2.13. The number of benzene rings is 1. The van der Waals surface area contributed by atoms with Crippen LogP contribution in [0.15, 0.2) is 36.4 Å². The van der Waals surface area contributed by atoms with Gasteiger partial charge in [0.05, 0.1) is 6.61 Å². The zero-order chi connectivity index (χ0) is 9.52. The summed E-state index contributed by atoms with van der Waals surface area (Å²) in [6.07, 6.45) is 3.46. The van der Waals surface area contributed by atoms with Crippen molar-refractivity contribution in [2.75, 3.05) is 13.2 Å². The highest BCUT2D eigenvalue weighted by molar-refractivity contribution is 5.27. The largest absolute Gasteiger partial charge is 0.490 e. The summed E-state index contributed by atoms with van der Waals surface area (Å²) < 4.78 is 5.39. The Morgan fingerprint density at radius 2 is 2.23 bits per heavy atom. The van der Waals surface area contributed by atoms with Gasteiger partial charge in [-0.1, -0.05) is 18.2 Å². The van der Waals surface area contributed by atoms with E-state index in [4.69, 9.17) is 9.84 Å². The molecule has 1 aromatic carbocycles. The van der Waals surface area contributed by atoms with Crippen LogP contribution in [0.1, 0.15) is 5.56 Å². The van der Waals surface area contributed by atoms with Crippen LogP contribution in [0.5, 0.6) is 5.75 Å². The van der Waals surface area contributed by atoms with E-state index in [1.165, 1.54) is 5.56 Å². The summed E-state index contributed by atoms with van der Waals surface area (Å²) in [7, 11) is 0. The van der Waals surface area contributed by atoms with Gasteiger partial charge in [0.15, 0.2) is 0 Å². The lowest BCUT2D eigenvalue weighted by Gasteiger charge is -2.02. The van der Waals surface area contributed by atoms with Crippen molar-refractivity contribution in [1.82, 2.24) is 0 Å². The second-order valence-corrected chi connectivity index (χ2v) is 2.78. The highest BCUT2D eigenvalue weighted by Gasteiger charge is 1.90. The molecule has 70 valence electrons. The van der Waals surface area contributed by atoms with Crippen molar-refractivity contribution < 1.29 is 9.84 Å². The van der Waals surface area contributed by atoms with Crippen molar-refractivity contribution in [3.05, 3.63) is 42.0 Å². The summed E-state index contributed by atoms with van der Waals surface area (Å²) in [5.74, 6) is 0.864. The molecule has 0 saturated heterocycles. The average molecular weight is 178 g/mol. The third kappa shape index (κ3) is 3.76. The molecule has 0 spiro atoms. The maximum Gasteiger partial charge on any atom is 0.120 e. The van der Waals surface area contributed by atoms with Crippen molar-refractivity contribution in [1.29, 1.82) is 0 Å². The molecule has 0 unspecified atom stereocenters. The predicted molar refractivity (Wildman–Crippen MR) is 52.9 cm³/mol. The lowest BCUT2D eigenvalue weighted by atomic mass is 10.2. The van der Waals surface area contributed by atoms with Crippen molar-refractivity contribution in [3.8, 4) is 5.75 Å². The monoisotopic (exact) mass is 178 g/mol. The van der Waals surface area contributed by atoms with Gasteiger partial charge in [-0.05, 0) is 30.7 Å². The Kier molecular flexibility index (Phi) is 4.06. The minimum Gasteiger partial charge on any atom is -0.490 e. The number of rotatable bonds is 4. The molecular formula is C11H14O2. The molecule has 1 rings (SSSR count). The molecule has 0 amide bonds. The van der Waals surface area contributed by atoms with Gasteiger partial charge in [-0.15, -0.1) is 0 Å². The Morgan fingerprint density at radius 3 is 2.92 bits per heavy atom. The third-order valence-electron chi connectivity index (χ3n) is 1.61. The maximum atomic E-state index is 8.47. The van der Waals surface area contributed by atoms with Gasteiger partial charge in [-0.25, -0.2) is 0 Å². The van der Waals surface area contributed by atoms with Gasteiger partial charge in [-0.3, -0.25) is 0 Å². The fourth-order valence-corrected chi connectivity index (χ4v) is 0.992. The first-order valence-electron chi connectivity index (χ1n) is 4.28. The van der Waals surface area contributed by atoms with Crippen LogP contribution < -0.4 is 4.74 Å². The summed E-state index contributed by atoms with van der Waals surface area (Å²) in [6.45, 7) is 2.59. The molecule has 13 heavy (non-hydrogen) atoms. The second kappa shape index (κ2) is 5.38. The maximum absolute atomic E-state index is 8.47. The van der Waals surface area contributed by atoms with Crippen LogP contribution in [-0.4, -0.2) is 18.3 Å². The van der Waals surface area contributed by atoms with Gasteiger partial charge in [0.2, 0.25) is 0 Å². The minimum atomic E-state index is 0.0666. The lowest BCUT2D eigenvalue weighted by molar-refractivity contribution is 0.336. The molecule has 0 atom stereocenters. The van der Waals surface area contributed by atoms with Gasteiger partial charge in [0.1, 0.15) is 12.4 Å². The van der Waals surface area contributed by atoms with Gasteiger partial charge in [-0.2, -0.15) is 0 Å². The number of aliphatic hydroxyl groups is 1. The Labute approximate surface area is 78.5 Å². The number of hydrogen-bond acceptors (Lipinski definition) is 2. The Bertz CT molecular complexity index is 279. The molecule has 0 aliphatic carbocycles. The van der Waals surface area contributed by atoms with Gasteiger partial charge < -0.3 is 9.84 Å². The summed E-state index contributed by atoms with van der Waals surface area (Å²) in [6, 6.07) is 7.88. The summed E-state index contributed by atoms with van der Waals surface area (Å²) in [4.78, 5) is 0. The van der Waals surface area contributed by atoms with E-state index in [0.29, 0.717) is 6.61 Å². The molecule has 0 bridgehead atoms.